The minimum absolute atomic E-state index is 0.0242. The molecule has 126 valence electrons. The first-order valence-corrected chi connectivity index (χ1v) is 8.90. The lowest BCUT2D eigenvalue weighted by atomic mass is 10.2. The molecule has 0 radical (unpaired) electrons. The molecule has 0 saturated carbocycles. The number of pyridine rings is 1. The third kappa shape index (κ3) is 2.71. The van der Waals surface area contributed by atoms with Gasteiger partial charge >= 0.3 is 6.18 Å². The van der Waals surface area contributed by atoms with Crippen molar-refractivity contribution < 1.29 is 21.6 Å². The van der Waals surface area contributed by atoms with E-state index >= 15 is 0 Å². The molecule has 0 fully saturated rings. The summed E-state index contributed by atoms with van der Waals surface area (Å²) >= 11 is 2.82. The van der Waals surface area contributed by atoms with Crippen LogP contribution in [0.4, 0.5) is 13.2 Å². The lowest BCUT2D eigenvalue weighted by molar-refractivity contribution is -0.136. The number of alkyl halides is 3. The predicted octanol–water partition coefficient (Wildman–Crippen LogP) is 4.36. The molecule has 1 aromatic carbocycles. The topological polar surface area (TPSA) is 52.0 Å². The standard InChI is InChI=1S/C15H10BrF3N2O2S/c1-9-2-4-10(5-3-9)24(22,23)21-7-6-11-13(15(17,18)19)12(16)8-20-14(11)21/h2-8H,1H3. The van der Waals surface area contributed by atoms with Crippen molar-refractivity contribution in [1.82, 2.24) is 8.96 Å². The van der Waals surface area contributed by atoms with Gasteiger partial charge in [0, 0.05) is 22.3 Å². The summed E-state index contributed by atoms with van der Waals surface area (Å²) in [5, 5.41) is -0.285. The quantitative estimate of drug-likeness (QED) is 0.620. The molecule has 3 aromatic rings. The molecule has 0 aliphatic carbocycles. The zero-order chi connectivity index (χ0) is 17.7. The van der Waals surface area contributed by atoms with E-state index in [1.807, 2.05) is 0 Å². The SMILES string of the molecule is Cc1ccc(S(=O)(=O)n2ccc3c(C(F)(F)F)c(Br)cnc32)cc1. The number of halogens is 4. The largest absolute Gasteiger partial charge is 0.418 e. The molecule has 0 aliphatic heterocycles. The van der Waals surface area contributed by atoms with Crippen molar-refractivity contribution in [3.05, 3.63) is 58.3 Å². The Balaban J connectivity index is 2.27. The summed E-state index contributed by atoms with van der Waals surface area (Å²) in [5.41, 5.74) is -0.357. The Labute approximate surface area is 144 Å². The van der Waals surface area contributed by atoms with Crippen LogP contribution >= 0.6 is 15.9 Å². The van der Waals surface area contributed by atoms with Crippen LogP contribution in [-0.2, 0) is 16.2 Å². The molecule has 0 unspecified atom stereocenters. The highest BCUT2D eigenvalue weighted by atomic mass is 79.9. The van der Waals surface area contributed by atoms with Crippen molar-refractivity contribution in [3.63, 3.8) is 0 Å². The van der Waals surface area contributed by atoms with Gasteiger partial charge in [0.05, 0.1) is 10.5 Å². The maximum atomic E-state index is 13.2. The average Bonchev–Trinajstić information content (AvgIpc) is 2.90. The summed E-state index contributed by atoms with van der Waals surface area (Å²) < 4.78 is 65.6. The molecule has 24 heavy (non-hydrogen) atoms. The lowest BCUT2D eigenvalue weighted by Crippen LogP contribution is -2.13. The highest BCUT2D eigenvalue weighted by molar-refractivity contribution is 9.10. The van der Waals surface area contributed by atoms with E-state index in [-0.39, 0.29) is 20.4 Å². The van der Waals surface area contributed by atoms with E-state index in [4.69, 9.17) is 0 Å². The first-order valence-electron chi connectivity index (χ1n) is 6.67. The molecular formula is C15H10BrF3N2O2S. The van der Waals surface area contributed by atoms with Gasteiger partial charge in [-0.1, -0.05) is 17.7 Å². The van der Waals surface area contributed by atoms with Crippen LogP contribution in [0, 0.1) is 6.92 Å². The maximum absolute atomic E-state index is 13.2. The van der Waals surface area contributed by atoms with Crippen LogP contribution < -0.4 is 0 Å². The number of benzene rings is 1. The molecule has 3 rings (SSSR count). The third-order valence-electron chi connectivity index (χ3n) is 3.50. The predicted molar refractivity (Wildman–Crippen MR) is 86.2 cm³/mol. The second-order valence-electron chi connectivity index (χ2n) is 5.15. The second kappa shape index (κ2) is 5.59. The highest BCUT2D eigenvalue weighted by Gasteiger charge is 2.36. The molecule has 9 heteroatoms. The first-order chi connectivity index (χ1) is 11.1. The van der Waals surface area contributed by atoms with Gasteiger partial charge in [-0.3, -0.25) is 0 Å². The molecule has 0 spiro atoms. The Morgan fingerprint density at radius 1 is 1.12 bits per heavy atom. The fourth-order valence-electron chi connectivity index (χ4n) is 2.34. The van der Waals surface area contributed by atoms with Crippen molar-refractivity contribution in [2.24, 2.45) is 0 Å². The normalized spacial score (nSPS) is 12.7. The van der Waals surface area contributed by atoms with Crippen LogP contribution in [0.15, 0.2) is 52.1 Å². The van der Waals surface area contributed by atoms with Gasteiger partial charge < -0.3 is 0 Å². The van der Waals surface area contributed by atoms with Crippen LogP contribution in [0.2, 0.25) is 0 Å². The van der Waals surface area contributed by atoms with E-state index < -0.39 is 21.8 Å². The Hall–Kier alpha value is -1.87. The Bertz CT molecular complexity index is 1030. The van der Waals surface area contributed by atoms with Crippen molar-refractivity contribution in [1.29, 1.82) is 0 Å². The van der Waals surface area contributed by atoms with Crippen molar-refractivity contribution in [3.8, 4) is 0 Å². The van der Waals surface area contributed by atoms with Gasteiger partial charge in [-0.15, -0.1) is 0 Å². The van der Waals surface area contributed by atoms with Crippen LogP contribution in [0.5, 0.6) is 0 Å². The van der Waals surface area contributed by atoms with E-state index in [1.165, 1.54) is 12.1 Å². The molecule has 0 atom stereocenters. The van der Waals surface area contributed by atoms with Crippen LogP contribution in [0.3, 0.4) is 0 Å². The number of hydrogen-bond donors (Lipinski definition) is 0. The summed E-state index contributed by atoms with van der Waals surface area (Å²) in [6.07, 6.45) is -2.61. The van der Waals surface area contributed by atoms with Crippen molar-refractivity contribution in [2.75, 3.05) is 0 Å². The number of hydrogen-bond acceptors (Lipinski definition) is 3. The fraction of sp³-hybridized carbons (Fsp3) is 0.133. The Kier molecular flexibility index (Phi) is 3.95. The Morgan fingerprint density at radius 3 is 2.33 bits per heavy atom. The fourth-order valence-corrected chi connectivity index (χ4v) is 4.19. The molecule has 0 aliphatic rings. The monoisotopic (exact) mass is 418 g/mol. The van der Waals surface area contributed by atoms with Crippen LogP contribution in [0.25, 0.3) is 11.0 Å². The van der Waals surface area contributed by atoms with E-state index in [0.717, 1.165) is 28.0 Å². The van der Waals surface area contributed by atoms with E-state index in [1.54, 1.807) is 19.1 Å². The van der Waals surface area contributed by atoms with Gasteiger partial charge in [0.15, 0.2) is 5.65 Å². The van der Waals surface area contributed by atoms with Gasteiger partial charge in [-0.05, 0) is 41.1 Å². The van der Waals surface area contributed by atoms with Gasteiger partial charge in [-0.25, -0.2) is 17.4 Å². The molecule has 0 saturated heterocycles. The first kappa shape index (κ1) is 17.0. The van der Waals surface area contributed by atoms with E-state index in [2.05, 4.69) is 20.9 Å². The minimum Gasteiger partial charge on any atom is -0.236 e. The van der Waals surface area contributed by atoms with Crippen molar-refractivity contribution in [2.45, 2.75) is 18.0 Å². The molecule has 2 heterocycles. The van der Waals surface area contributed by atoms with Gasteiger partial charge in [-0.2, -0.15) is 13.2 Å². The smallest absolute Gasteiger partial charge is 0.236 e. The second-order valence-corrected chi connectivity index (χ2v) is 7.82. The molecule has 0 bridgehead atoms. The number of aryl methyl sites for hydroxylation is 1. The number of fused-ring (bicyclic) bond motifs is 1. The Morgan fingerprint density at radius 2 is 1.75 bits per heavy atom. The molecular weight excluding hydrogens is 409 g/mol. The summed E-state index contributed by atoms with van der Waals surface area (Å²) in [4.78, 5) is 3.84. The molecule has 0 N–H and O–H groups in total. The average molecular weight is 419 g/mol. The summed E-state index contributed by atoms with van der Waals surface area (Å²) in [7, 11) is -4.04. The maximum Gasteiger partial charge on any atom is 0.418 e. The lowest BCUT2D eigenvalue weighted by Gasteiger charge is -2.11. The van der Waals surface area contributed by atoms with Gasteiger partial charge in [0.25, 0.3) is 10.0 Å². The molecule has 4 nitrogen and oxygen atoms in total. The summed E-state index contributed by atoms with van der Waals surface area (Å²) in [5.74, 6) is 0. The van der Waals surface area contributed by atoms with E-state index in [9.17, 15) is 21.6 Å². The minimum atomic E-state index is -4.64. The molecule has 2 aromatic heterocycles. The number of rotatable bonds is 2. The van der Waals surface area contributed by atoms with Crippen LogP contribution in [0.1, 0.15) is 11.1 Å². The van der Waals surface area contributed by atoms with Gasteiger partial charge in [0.1, 0.15) is 0 Å². The van der Waals surface area contributed by atoms with Crippen LogP contribution in [-0.4, -0.2) is 17.4 Å². The van der Waals surface area contributed by atoms with E-state index in [0.29, 0.717) is 0 Å². The summed E-state index contributed by atoms with van der Waals surface area (Å²) in [6.45, 7) is 1.80. The van der Waals surface area contributed by atoms with Crippen molar-refractivity contribution >= 4 is 37.0 Å². The zero-order valence-electron chi connectivity index (χ0n) is 12.2. The van der Waals surface area contributed by atoms with Gasteiger partial charge in [0.2, 0.25) is 0 Å². The number of aromatic nitrogens is 2. The zero-order valence-corrected chi connectivity index (χ0v) is 14.6. The third-order valence-corrected chi connectivity index (χ3v) is 5.78. The number of nitrogens with zero attached hydrogens (tertiary/aromatic N) is 2. The molecule has 0 amide bonds. The summed E-state index contributed by atoms with van der Waals surface area (Å²) in [6, 6.07) is 7.13. The highest BCUT2D eigenvalue weighted by Crippen LogP contribution is 2.39.